The zero-order chi connectivity index (χ0) is 9.41. The molecule has 0 bridgehead atoms. The number of aliphatic hydroxyl groups excluding tert-OH is 1. The maximum Gasteiger partial charge on any atom is 0.0542 e. The summed E-state index contributed by atoms with van der Waals surface area (Å²) in [5.74, 6) is 0. The molecule has 0 aromatic rings. The molecule has 0 radical (unpaired) electrons. The van der Waals surface area contributed by atoms with Crippen LogP contribution in [0.2, 0.25) is 24.7 Å². The summed E-state index contributed by atoms with van der Waals surface area (Å²) in [4.78, 5) is 0. The van der Waals surface area contributed by atoms with Gasteiger partial charge in [-0.15, -0.1) is 0 Å². The van der Waals surface area contributed by atoms with E-state index in [1.807, 2.05) is 0 Å². The van der Waals surface area contributed by atoms with E-state index in [1.54, 1.807) is 0 Å². The molecule has 0 aliphatic heterocycles. The lowest BCUT2D eigenvalue weighted by Crippen LogP contribution is -2.42. The Morgan fingerprint density at radius 1 is 1.33 bits per heavy atom. The Balaban J connectivity index is 2.70. The summed E-state index contributed by atoms with van der Waals surface area (Å²) in [5.41, 5.74) is 0. The molecular formula is C10H22OSi. The van der Waals surface area contributed by atoms with Gasteiger partial charge < -0.3 is 5.11 Å². The second-order valence-electron chi connectivity index (χ2n) is 5.56. The first-order valence-electron chi connectivity index (χ1n) is 5.03. The lowest BCUT2D eigenvalue weighted by molar-refractivity contribution is 0.109. The van der Waals surface area contributed by atoms with Gasteiger partial charge >= 0.3 is 0 Å². The van der Waals surface area contributed by atoms with E-state index in [9.17, 15) is 5.11 Å². The Labute approximate surface area is 77.2 Å². The van der Waals surface area contributed by atoms with E-state index >= 15 is 0 Å². The monoisotopic (exact) mass is 186 g/mol. The maximum atomic E-state index is 9.63. The van der Waals surface area contributed by atoms with Crippen molar-refractivity contribution in [3.8, 4) is 0 Å². The van der Waals surface area contributed by atoms with E-state index in [0.717, 1.165) is 12.8 Å². The average Bonchev–Trinajstić information content (AvgIpc) is 1.83. The second-order valence-corrected chi connectivity index (χ2v) is 11.3. The number of hydrogen-bond donors (Lipinski definition) is 1. The normalized spacial score (nSPS) is 38.2. The first kappa shape index (κ1) is 10.3. The van der Waals surface area contributed by atoms with Gasteiger partial charge in [-0.2, -0.15) is 0 Å². The molecule has 0 amide bonds. The van der Waals surface area contributed by atoms with Crippen LogP contribution in [0, 0.1) is 0 Å². The van der Waals surface area contributed by atoms with Crippen LogP contribution in [0.15, 0.2) is 0 Å². The third kappa shape index (κ3) is 1.91. The lowest BCUT2D eigenvalue weighted by atomic mass is 9.87. The Kier molecular flexibility index (Phi) is 2.69. The van der Waals surface area contributed by atoms with Gasteiger partial charge in [0.2, 0.25) is 0 Å². The van der Waals surface area contributed by atoms with Crippen LogP contribution >= 0.6 is 0 Å². The predicted molar refractivity (Wildman–Crippen MR) is 56.2 cm³/mol. The Hall–Kier alpha value is 0.177. The van der Waals surface area contributed by atoms with Crippen LogP contribution in [0.5, 0.6) is 0 Å². The summed E-state index contributed by atoms with van der Waals surface area (Å²) >= 11 is 0. The molecule has 1 N–H and O–H groups in total. The van der Waals surface area contributed by atoms with Gasteiger partial charge in [0.1, 0.15) is 0 Å². The van der Waals surface area contributed by atoms with E-state index in [1.165, 1.54) is 12.8 Å². The maximum absolute atomic E-state index is 9.63. The standard InChI is InChI=1S/C10H22OSi/c1-10(12(2,3)4)7-5-6-9(11)8-10/h9,11H,5-8H2,1-4H3/t9-,10-/m1/s1. The van der Waals surface area contributed by atoms with E-state index in [-0.39, 0.29) is 6.10 Å². The average molecular weight is 186 g/mol. The molecule has 1 rings (SSSR count). The molecule has 1 aliphatic rings. The van der Waals surface area contributed by atoms with Crippen molar-refractivity contribution in [1.29, 1.82) is 0 Å². The van der Waals surface area contributed by atoms with Crippen molar-refractivity contribution in [2.45, 2.75) is 63.4 Å². The van der Waals surface area contributed by atoms with Crippen LogP contribution in [0.25, 0.3) is 0 Å². The Morgan fingerprint density at radius 2 is 1.92 bits per heavy atom. The molecule has 72 valence electrons. The third-order valence-corrected chi connectivity index (χ3v) is 7.84. The highest BCUT2D eigenvalue weighted by Gasteiger charge is 2.41. The lowest BCUT2D eigenvalue weighted by Gasteiger charge is -2.45. The third-order valence-electron chi connectivity index (χ3n) is 3.76. The van der Waals surface area contributed by atoms with Crippen LogP contribution in [0.3, 0.4) is 0 Å². The summed E-state index contributed by atoms with van der Waals surface area (Å²) in [5, 5.41) is 10.1. The summed E-state index contributed by atoms with van der Waals surface area (Å²) < 4.78 is 0. The molecule has 1 saturated carbocycles. The van der Waals surface area contributed by atoms with Gasteiger partial charge in [0.25, 0.3) is 0 Å². The van der Waals surface area contributed by atoms with Gasteiger partial charge in [-0.3, -0.25) is 0 Å². The summed E-state index contributed by atoms with van der Waals surface area (Å²) in [6, 6.07) is 0. The summed E-state index contributed by atoms with van der Waals surface area (Å²) in [6.45, 7) is 9.64. The highest BCUT2D eigenvalue weighted by atomic mass is 28.3. The first-order chi connectivity index (χ1) is 5.35. The van der Waals surface area contributed by atoms with Gasteiger partial charge in [-0.25, -0.2) is 0 Å². The molecule has 0 saturated heterocycles. The van der Waals surface area contributed by atoms with E-state index < -0.39 is 8.07 Å². The van der Waals surface area contributed by atoms with Crippen LogP contribution in [0.1, 0.15) is 32.6 Å². The Morgan fingerprint density at radius 3 is 2.25 bits per heavy atom. The van der Waals surface area contributed by atoms with Crippen molar-refractivity contribution >= 4 is 8.07 Å². The van der Waals surface area contributed by atoms with Crippen molar-refractivity contribution in [2.75, 3.05) is 0 Å². The molecule has 0 spiro atoms. The molecule has 0 aromatic carbocycles. The molecule has 1 nitrogen and oxygen atoms in total. The quantitative estimate of drug-likeness (QED) is 0.624. The van der Waals surface area contributed by atoms with Crippen molar-refractivity contribution < 1.29 is 5.11 Å². The van der Waals surface area contributed by atoms with Crippen LogP contribution < -0.4 is 0 Å². The zero-order valence-corrected chi connectivity index (χ0v) is 9.85. The van der Waals surface area contributed by atoms with Crippen molar-refractivity contribution in [2.24, 2.45) is 0 Å². The molecular weight excluding hydrogens is 164 g/mol. The van der Waals surface area contributed by atoms with Gasteiger partial charge in [0.05, 0.1) is 14.2 Å². The summed E-state index contributed by atoms with van der Waals surface area (Å²) in [6.07, 6.45) is 4.61. The fourth-order valence-corrected chi connectivity index (χ4v) is 3.91. The largest absolute Gasteiger partial charge is 0.393 e. The fourth-order valence-electron chi connectivity index (χ4n) is 2.13. The predicted octanol–water partition coefficient (Wildman–Crippen LogP) is 3.02. The smallest absolute Gasteiger partial charge is 0.0542 e. The highest BCUT2D eigenvalue weighted by Crippen LogP contribution is 2.49. The van der Waals surface area contributed by atoms with E-state index in [4.69, 9.17) is 0 Å². The minimum Gasteiger partial charge on any atom is -0.393 e. The Bertz CT molecular complexity index is 162. The van der Waals surface area contributed by atoms with Crippen molar-refractivity contribution in [3.05, 3.63) is 0 Å². The molecule has 0 unspecified atom stereocenters. The van der Waals surface area contributed by atoms with Gasteiger partial charge in [0.15, 0.2) is 0 Å². The van der Waals surface area contributed by atoms with Crippen LogP contribution in [0.4, 0.5) is 0 Å². The molecule has 0 aromatic heterocycles. The van der Waals surface area contributed by atoms with E-state index in [0.29, 0.717) is 5.04 Å². The minimum atomic E-state index is -1.08. The van der Waals surface area contributed by atoms with Gasteiger partial charge in [0, 0.05) is 0 Å². The molecule has 0 heterocycles. The molecule has 2 atom stereocenters. The second kappa shape index (κ2) is 3.15. The molecule has 1 aliphatic carbocycles. The number of rotatable bonds is 1. The SMILES string of the molecule is C[C@@]1([Si](C)(C)C)CCC[C@@H](O)C1. The van der Waals surface area contributed by atoms with Crippen LogP contribution in [-0.2, 0) is 0 Å². The van der Waals surface area contributed by atoms with Crippen LogP contribution in [-0.4, -0.2) is 19.3 Å². The van der Waals surface area contributed by atoms with Crippen molar-refractivity contribution in [1.82, 2.24) is 0 Å². The molecule has 1 fully saturated rings. The fraction of sp³-hybridized carbons (Fsp3) is 1.00. The van der Waals surface area contributed by atoms with Crippen molar-refractivity contribution in [3.63, 3.8) is 0 Å². The summed E-state index contributed by atoms with van der Waals surface area (Å²) in [7, 11) is -1.08. The number of hydrogen-bond acceptors (Lipinski definition) is 1. The zero-order valence-electron chi connectivity index (χ0n) is 8.85. The first-order valence-corrected chi connectivity index (χ1v) is 8.53. The number of aliphatic hydroxyl groups is 1. The van der Waals surface area contributed by atoms with Gasteiger partial charge in [-0.05, 0) is 17.9 Å². The van der Waals surface area contributed by atoms with Gasteiger partial charge in [-0.1, -0.05) is 39.4 Å². The topological polar surface area (TPSA) is 20.2 Å². The molecule has 2 heteroatoms. The highest BCUT2D eigenvalue weighted by molar-refractivity contribution is 6.79. The molecule has 12 heavy (non-hydrogen) atoms. The minimum absolute atomic E-state index is 0.0181. The van der Waals surface area contributed by atoms with E-state index in [2.05, 4.69) is 26.6 Å².